The molecule has 8 heteroatoms. The van der Waals surface area contributed by atoms with E-state index in [4.69, 9.17) is 0 Å². The number of rotatable bonds is 3. The minimum atomic E-state index is -4.42. The monoisotopic (exact) mass is 369 g/mol. The lowest BCUT2D eigenvalue weighted by Gasteiger charge is -2.10. The van der Waals surface area contributed by atoms with E-state index in [2.05, 4.69) is 27.2 Å². The van der Waals surface area contributed by atoms with Crippen molar-refractivity contribution in [1.29, 1.82) is 0 Å². The lowest BCUT2D eigenvalue weighted by Crippen LogP contribution is -2.04. The van der Waals surface area contributed by atoms with Gasteiger partial charge in [-0.1, -0.05) is 23.6 Å². The van der Waals surface area contributed by atoms with Crippen molar-refractivity contribution in [3.05, 3.63) is 36.3 Å². The molecular weight excluding hydrogens is 355 g/mol. The summed E-state index contributed by atoms with van der Waals surface area (Å²) in [5, 5.41) is 2.78. The van der Waals surface area contributed by atoms with Gasteiger partial charge < -0.3 is 0 Å². The number of fused-ring (bicyclic) bond motifs is 1. The van der Waals surface area contributed by atoms with Crippen molar-refractivity contribution in [2.75, 3.05) is 5.75 Å². The van der Waals surface area contributed by atoms with Crippen LogP contribution in [0, 0.1) is 0 Å². The number of nitrogens with zero attached hydrogens (tertiary/aromatic N) is 3. The minimum absolute atomic E-state index is 0.0527. The standard InChI is InChI=1S/C16H14F3N3S2/c1-3-24(4-2)13-5-6-20-9-11(13)14-22-12-7-10(16(17,18)19)8-21-15(12)23-14/h3,5-9H,4H2,1-2H3. The van der Waals surface area contributed by atoms with Crippen molar-refractivity contribution < 1.29 is 13.2 Å². The average Bonchev–Trinajstić information content (AvgIpc) is 2.98. The summed E-state index contributed by atoms with van der Waals surface area (Å²) < 4.78 is 38.5. The van der Waals surface area contributed by atoms with Gasteiger partial charge in [0.2, 0.25) is 0 Å². The molecule has 0 saturated heterocycles. The molecule has 1 atom stereocenters. The van der Waals surface area contributed by atoms with Crippen molar-refractivity contribution in [3.63, 3.8) is 0 Å². The highest BCUT2D eigenvalue weighted by molar-refractivity contribution is 8.15. The lowest BCUT2D eigenvalue weighted by molar-refractivity contribution is -0.137. The van der Waals surface area contributed by atoms with E-state index in [1.54, 1.807) is 12.4 Å². The molecule has 0 saturated carbocycles. The summed E-state index contributed by atoms with van der Waals surface area (Å²) in [6.45, 7) is 4.11. The van der Waals surface area contributed by atoms with Gasteiger partial charge in [0.05, 0.1) is 5.56 Å². The second-order valence-electron chi connectivity index (χ2n) is 4.89. The SMILES string of the molecule is C/C=S(\CC)c1ccncc1-c1nc2cc(C(F)(F)F)cnc2s1. The summed E-state index contributed by atoms with van der Waals surface area (Å²) in [4.78, 5) is 14.0. The summed E-state index contributed by atoms with van der Waals surface area (Å²) in [5.41, 5.74) is 0.335. The van der Waals surface area contributed by atoms with Gasteiger partial charge in [-0.2, -0.15) is 23.7 Å². The third-order valence-corrected chi connectivity index (χ3v) is 6.59. The van der Waals surface area contributed by atoms with E-state index in [1.807, 2.05) is 13.0 Å². The fraction of sp³-hybridized carbons (Fsp3) is 0.250. The Kier molecular flexibility index (Phi) is 4.69. The van der Waals surface area contributed by atoms with E-state index in [9.17, 15) is 13.2 Å². The molecule has 3 heterocycles. The molecule has 0 N–H and O–H groups in total. The van der Waals surface area contributed by atoms with Crippen LogP contribution in [0.3, 0.4) is 0 Å². The number of thiazole rings is 1. The molecule has 0 amide bonds. The highest BCUT2D eigenvalue weighted by atomic mass is 32.2. The topological polar surface area (TPSA) is 38.7 Å². The van der Waals surface area contributed by atoms with Crippen molar-refractivity contribution in [1.82, 2.24) is 15.0 Å². The molecule has 1 unspecified atom stereocenters. The van der Waals surface area contributed by atoms with Gasteiger partial charge in [0.25, 0.3) is 0 Å². The number of hydrogen-bond acceptors (Lipinski definition) is 4. The normalized spacial score (nSPS) is 13.5. The third kappa shape index (κ3) is 3.21. The molecule has 126 valence electrons. The van der Waals surface area contributed by atoms with Gasteiger partial charge in [-0.15, -0.1) is 0 Å². The van der Waals surface area contributed by atoms with Gasteiger partial charge in [0.15, 0.2) is 0 Å². The fourth-order valence-electron chi connectivity index (χ4n) is 2.31. The first-order valence-electron chi connectivity index (χ1n) is 7.21. The van der Waals surface area contributed by atoms with Crippen LogP contribution >= 0.6 is 21.8 Å². The Bertz CT molecular complexity index is 916. The molecule has 0 aliphatic heterocycles. The van der Waals surface area contributed by atoms with Crippen LogP contribution in [0.15, 0.2) is 35.6 Å². The molecule has 0 aliphatic carbocycles. The zero-order valence-corrected chi connectivity index (χ0v) is 14.6. The highest BCUT2D eigenvalue weighted by Crippen LogP contribution is 2.39. The largest absolute Gasteiger partial charge is 0.417 e. The molecule has 0 bridgehead atoms. The average molecular weight is 369 g/mol. The molecule has 0 aromatic carbocycles. The molecule has 0 aliphatic rings. The van der Waals surface area contributed by atoms with Crippen LogP contribution in [-0.4, -0.2) is 26.1 Å². The Morgan fingerprint density at radius 3 is 2.75 bits per heavy atom. The summed E-state index contributed by atoms with van der Waals surface area (Å²) >= 11 is 1.28. The van der Waals surface area contributed by atoms with E-state index >= 15 is 0 Å². The van der Waals surface area contributed by atoms with Crippen LogP contribution in [0.4, 0.5) is 13.2 Å². The molecule has 0 radical (unpaired) electrons. The Hall–Kier alpha value is -1.80. The van der Waals surface area contributed by atoms with E-state index in [0.717, 1.165) is 28.5 Å². The van der Waals surface area contributed by atoms with Crippen LogP contribution in [-0.2, 0) is 6.18 Å². The number of hydrogen-bond donors (Lipinski definition) is 0. The minimum Gasteiger partial charge on any atom is -0.264 e. The summed E-state index contributed by atoms with van der Waals surface area (Å²) in [7, 11) is -0.0527. The summed E-state index contributed by atoms with van der Waals surface area (Å²) in [6, 6.07) is 2.99. The van der Waals surface area contributed by atoms with Gasteiger partial charge in [-0.3, -0.25) is 4.98 Å². The van der Waals surface area contributed by atoms with Gasteiger partial charge >= 0.3 is 6.18 Å². The van der Waals surface area contributed by atoms with E-state index in [1.165, 1.54) is 11.3 Å². The first-order valence-corrected chi connectivity index (χ1v) is 9.48. The fourth-order valence-corrected chi connectivity index (χ4v) is 4.86. The zero-order chi connectivity index (χ0) is 17.3. The molecule has 0 spiro atoms. The van der Waals surface area contributed by atoms with Crippen LogP contribution in [0.2, 0.25) is 0 Å². The molecule has 3 nitrogen and oxygen atoms in total. The van der Waals surface area contributed by atoms with Gasteiger partial charge in [-0.25, -0.2) is 9.97 Å². The molecule has 24 heavy (non-hydrogen) atoms. The molecular formula is C16H14F3N3S2. The van der Waals surface area contributed by atoms with Crippen molar-refractivity contribution in [3.8, 4) is 10.6 Å². The Labute approximate surface area is 143 Å². The number of pyridine rings is 2. The first-order chi connectivity index (χ1) is 11.4. The van der Waals surface area contributed by atoms with Gasteiger partial charge in [-0.05, 0) is 24.8 Å². The third-order valence-electron chi connectivity index (χ3n) is 3.46. The maximum Gasteiger partial charge on any atom is 0.417 e. The molecule has 3 rings (SSSR count). The van der Waals surface area contributed by atoms with Crippen LogP contribution < -0.4 is 0 Å². The predicted octanol–water partition coefficient (Wildman–Crippen LogP) is 5.24. The number of aromatic nitrogens is 3. The zero-order valence-electron chi connectivity index (χ0n) is 13.0. The van der Waals surface area contributed by atoms with E-state index in [-0.39, 0.29) is 16.0 Å². The smallest absolute Gasteiger partial charge is 0.264 e. The van der Waals surface area contributed by atoms with Gasteiger partial charge in [0.1, 0.15) is 15.4 Å². The quantitative estimate of drug-likeness (QED) is 0.593. The maximum atomic E-state index is 12.8. The first kappa shape index (κ1) is 17.0. The Balaban J connectivity index is 2.14. The highest BCUT2D eigenvalue weighted by Gasteiger charge is 2.31. The van der Waals surface area contributed by atoms with Crippen LogP contribution in [0.5, 0.6) is 0 Å². The van der Waals surface area contributed by atoms with Crippen molar-refractivity contribution in [2.24, 2.45) is 0 Å². The maximum absolute atomic E-state index is 12.8. The lowest BCUT2D eigenvalue weighted by atomic mass is 10.2. The van der Waals surface area contributed by atoms with Gasteiger partial charge in [0, 0.05) is 29.0 Å². The van der Waals surface area contributed by atoms with Crippen molar-refractivity contribution in [2.45, 2.75) is 24.9 Å². The Morgan fingerprint density at radius 1 is 1.29 bits per heavy atom. The number of alkyl halides is 3. The van der Waals surface area contributed by atoms with E-state index < -0.39 is 11.7 Å². The number of halogens is 3. The summed E-state index contributed by atoms with van der Waals surface area (Å²) in [5.74, 6) is 0.953. The Morgan fingerprint density at radius 2 is 2.08 bits per heavy atom. The van der Waals surface area contributed by atoms with Crippen molar-refractivity contribution >= 4 is 37.5 Å². The molecule has 3 aromatic rings. The van der Waals surface area contributed by atoms with E-state index in [0.29, 0.717) is 9.84 Å². The summed E-state index contributed by atoms with van der Waals surface area (Å²) in [6.07, 6.45) is -0.122. The van der Waals surface area contributed by atoms with Crippen LogP contribution in [0.25, 0.3) is 20.9 Å². The molecule has 3 aromatic heterocycles. The predicted molar refractivity (Wildman–Crippen MR) is 93.8 cm³/mol. The molecule has 0 fully saturated rings. The van der Waals surface area contributed by atoms with Crippen LogP contribution in [0.1, 0.15) is 19.4 Å². The second kappa shape index (κ2) is 6.60. The second-order valence-corrected chi connectivity index (χ2v) is 8.21.